The molecule has 4 nitrogen and oxygen atoms in total. The first kappa shape index (κ1) is 17.8. The topological polar surface area (TPSA) is 47.6 Å². The molecular formula is C22H23NO3. The van der Waals surface area contributed by atoms with Gasteiger partial charge in [0, 0.05) is 6.54 Å². The van der Waals surface area contributed by atoms with Crippen molar-refractivity contribution in [1.29, 1.82) is 0 Å². The monoisotopic (exact) mass is 349 g/mol. The largest absolute Gasteiger partial charge is 0.493 e. The van der Waals surface area contributed by atoms with Crippen molar-refractivity contribution in [3.8, 4) is 11.5 Å². The molecule has 134 valence electrons. The highest BCUT2D eigenvalue weighted by molar-refractivity contribution is 5.84. The fraction of sp³-hybridized carbons (Fsp3) is 0.227. The van der Waals surface area contributed by atoms with Gasteiger partial charge in [0.15, 0.2) is 17.6 Å². The van der Waals surface area contributed by atoms with Crippen LogP contribution >= 0.6 is 0 Å². The summed E-state index contributed by atoms with van der Waals surface area (Å²) < 4.78 is 11.2. The zero-order chi connectivity index (χ0) is 18.4. The molecule has 26 heavy (non-hydrogen) atoms. The standard InChI is InChI=1S/C22H23NO3/c1-3-19(26-21-11-7-6-10-20(21)25-2)22(24)23-15-16-12-13-17-8-4-5-9-18(17)14-16/h4-14,19H,3,15H2,1-2H3,(H,23,24). The van der Waals surface area contributed by atoms with Crippen LogP contribution in [-0.2, 0) is 11.3 Å². The first-order valence-corrected chi connectivity index (χ1v) is 8.76. The van der Waals surface area contributed by atoms with Crippen molar-refractivity contribution in [2.45, 2.75) is 26.0 Å². The van der Waals surface area contributed by atoms with Crippen LogP contribution in [0.2, 0.25) is 0 Å². The van der Waals surface area contributed by atoms with E-state index in [1.807, 2.05) is 43.3 Å². The van der Waals surface area contributed by atoms with E-state index in [-0.39, 0.29) is 5.91 Å². The highest BCUT2D eigenvalue weighted by Crippen LogP contribution is 2.27. The highest BCUT2D eigenvalue weighted by atomic mass is 16.5. The summed E-state index contributed by atoms with van der Waals surface area (Å²) in [6.45, 7) is 2.39. The van der Waals surface area contributed by atoms with E-state index in [2.05, 4.69) is 29.6 Å². The van der Waals surface area contributed by atoms with Gasteiger partial charge < -0.3 is 14.8 Å². The third-order valence-corrected chi connectivity index (χ3v) is 4.28. The third-order valence-electron chi connectivity index (χ3n) is 4.28. The summed E-state index contributed by atoms with van der Waals surface area (Å²) >= 11 is 0. The molecular weight excluding hydrogens is 326 g/mol. The summed E-state index contributed by atoms with van der Waals surface area (Å²) in [6.07, 6.45) is 0.00785. The minimum Gasteiger partial charge on any atom is -0.493 e. The van der Waals surface area contributed by atoms with E-state index in [9.17, 15) is 4.79 Å². The summed E-state index contributed by atoms with van der Waals surface area (Å²) in [4.78, 5) is 12.5. The lowest BCUT2D eigenvalue weighted by molar-refractivity contribution is -0.128. The number of hydrogen-bond donors (Lipinski definition) is 1. The number of carbonyl (C=O) groups is 1. The molecule has 0 radical (unpaired) electrons. The molecule has 3 rings (SSSR count). The predicted molar refractivity (Wildman–Crippen MR) is 103 cm³/mol. The number of amides is 1. The lowest BCUT2D eigenvalue weighted by Crippen LogP contribution is -2.37. The molecule has 1 unspecified atom stereocenters. The van der Waals surface area contributed by atoms with Gasteiger partial charge in [-0.05, 0) is 41.0 Å². The van der Waals surface area contributed by atoms with Gasteiger partial charge in [0.25, 0.3) is 5.91 Å². The number of para-hydroxylation sites is 2. The molecule has 0 aliphatic carbocycles. The van der Waals surface area contributed by atoms with Crippen LogP contribution in [-0.4, -0.2) is 19.1 Å². The predicted octanol–water partition coefficient (Wildman–Crippen LogP) is 4.32. The molecule has 0 spiro atoms. The van der Waals surface area contributed by atoms with Crippen molar-refractivity contribution in [3.05, 3.63) is 72.3 Å². The minimum atomic E-state index is -0.563. The highest BCUT2D eigenvalue weighted by Gasteiger charge is 2.19. The lowest BCUT2D eigenvalue weighted by Gasteiger charge is -2.19. The van der Waals surface area contributed by atoms with Crippen molar-refractivity contribution in [1.82, 2.24) is 5.32 Å². The van der Waals surface area contributed by atoms with Gasteiger partial charge >= 0.3 is 0 Å². The Morgan fingerprint density at radius 3 is 2.38 bits per heavy atom. The van der Waals surface area contributed by atoms with E-state index in [0.29, 0.717) is 24.5 Å². The molecule has 0 aliphatic rings. The number of rotatable bonds is 7. The lowest BCUT2D eigenvalue weighted by atomic mass is 10.1. The first-order valence-electron chi connectivity index (χ1n) is 8.76. The molecule has 3 aromatic carbocycles. The van der Waals surface area contributed by atoms with E-state index < -0.39 is 6.10 Å². The number of fused-ring (bicyclic) bond motifs is 1. The molecule has 0 fully saturated rings. The van der Waals surface area contributed by atoms with Gasteiger partial charge in [-0.15, -0.1) is 0 Å². The number of methoxy groups -OCH3 is 1. The Morgan fingerprint density at radius 1 is 0.962 bits per heavy atom. The van der Waals surface area contributed by atoms with Crippen LogP contribution in [0.25, 0.3) is 10.8 Å². The van der Waals surface area contributed by atoms with Crippen LogP contribution < -0.4 is 14.8 Å². The van der Waals surface area contributed by atoms with Crippen molar-refractivity contribution in [3.63, 3.8) is 0 Å². The summed E-state index contributed by atoms with van der Waals surface area (Å²) in [5.41, 5.74) is 1.06. The second-order valence-electron chi connectivity index (χ2n) is 6.06. The molecule has 0 saturated heterocycles. The summed E-state index contributed by atoms with van der Waals surface area (Å²) in [6, 6.07) is 21.7. The van der Waals surface area contributed by atoms with Crippen molar-refractivity contribution in [2.24, 2.45) is 0 Å². The van der Waals surface area contributed by atoms with Gasteiger partial charge in [0.1, 0.15) is 0 Å². The van der Waals surface area contributed by atoms with Crippen molar-refractivity contribution >= 4 is 16.7 Å². The second-order valence-corrected chi connectivity index (χ2v) is 6.06. The van der Waals surface area contributed by atoms with Crippen molar-refractivity contribution in [2.75, 3.05) is 7.11 Å². The van der Waals surface area contributed by atoms with Crippen LogP contribution in [0.1, 0.15) is 18.9 Å². The molecule has 0 bridgehead atoms. The first-order chi connectivity index (χ1) is 12.7. The van der Waals surface area contributed by atoms with Crippen LogP contribution in [0.3, 0.4) is 0 Å². The van der Waals surface area contributed by atoms with Crippen LogP contribution in [0.4, 0.5) is 0 Å². The Hall–Kier alpha value is -3.01. The number of benzene rings is 3. The van der Waals surface area contributed by atoms with Gasteiger partial charge in [0.05, 0.1) is 7.11 Å². The van der Waals surface area contributed by atoms with Gasteiger partial charge in [-0.1, -0.05) is 55.5 Å². The Bertz CT molecular complexity index is 891. The number of ether oxygens (including phenoxy) is 2. The van der Waals surface area contributed by atoms with Gasteiger partial charge in [-0.3, -0.25) is 4.79 Å². The van der Waals surface area contributed by atoms with E-state index in [0.717, 1.165) is 10.9 Å². The second kappa shape index (κ2) is 8.39. The average molecular weight is 349 g/mol. The zero-order valence-electron chi connectivity index (χ0n) is 15.1. The molecule has 4 heteroatoms. The molecule has 0 saturated carbocycles. The normalized spacial score (nSPS) is 11.8. The number of carbonyl (C=O) groups excluding carboxylic acids is 1. The van der Waals surface area contributed by atoms with E-state index in [1.165, 1.54) is 5.39 Å². The zero-order valence-corrected chi connectivity index (χ0v) is 15.1. The van der Waals surface area contributed by atoms with Gasteiger partial charge in [-0.25, -0.2) is 0 Å². The average Bonchev–Trinajstić information content (AvgIpc) is 2.70. The SMILES string of the molecule is CCC(Oc1ccccc1OC)C(=O)NCc1ccc2ccccc2c1. The number of hydrogen-bond acceptors (Lipinski definition) is 3. The third kappa shape index (κ3) is 4.14. The minimum absolute atomic E-state index is 0.133. The Morgan fingerprint density at radius 2 is 1.65 bits per heavy atom. The summed E-state index contributed by atoms with van der Waals surface area (Å²) in [5.74, 6) is 1.06. The molecule has 1 amide bonds. The van der Waals surface area contributed by atoms with Crippen molar-refractivity contribution < 1.29 is 14.3 Å². The number of nitrogens with one attached hydrogen (secondary N) is 1. The maximum Gasteiger partial charge on any atom is 0.261 e. The quantitative estimate of drug-likeness (QED) is 0.691. The molecule has 0 aromatic heterocycles. The van der Waals surface area contributed by atoms with Gasteiger partial charge in [-0.2, -0.15) is 0 Å². The van der Waals surface area contributed by atoms with Crippen LogP contribution in [0.15, 0.2) is 66.7 Å². The van der Waals surface area contributed by atoms with Crippen LogP contribution in [0.5, 0.6) is 11.5 Å². The Balaban J connectivity index is 1.65. The molecule has 0 aliphatic heterocycles. The molecule has 1 atom stereocenters. The maximum absolute atomic E-state index is 12.5. The fourth-order valence-electron chi connectivity index (χ4n) is 2.84. The van der Waals surface area contributed by atoms with Gasteiger partial charge in [0.2, 0.25) is 0 Å². The van der Waals surface area contributed by atoms with E-state index in [1.54, 1.807) is 13.2 Å². The smallest absolute Gasteiger partial charge is 0.261 e. The molecule has 1 N–H and O–H groups in total. The fourth-order valence-corrected chi connectivity index (χ4v) is 2.84. The maximum atomic E-state index is 12.5. The Labute approximate surface area is 153 Å². The summed E-state index contributed by atoms with van der Waals surface area (Å²) in [5, 5.41) is 5.32. The van der Waals surface area contributed by atoms with E-state index >= 15 is 0 Å². The van der Waals surface area contributed by atoms with E-state index in [4.69, 9.17) is 9.47 Å². The van der Waals surface area contributed by atoms with Crippen LogP contribution in [0, 0.1) is 0 Å². The molecule has 0 heterocycles. The molecule has 3 aromatic rings. The Kier molecular flexibility index (Phi) is 5.74. The summed E-state index contributed by atoms with van der Waals surface area (Å²) in [7, 11) is 1.59.